The van der Waals surface area contributed by atoms with Gasteiger partial charge in [0, 0.05) is 11.4 Å². The predicted octanol–water partition coefficient (Wildman–Crippen LogP) is 3.52. The molecule has 2 aromatic carbocycles. The first kappa shape index (κ1) is 12.1. The molecule has 96 valence electrons. The Morgan fingerprint density at radius 1 is 0.842 bits per heavy atom. The summed E-state index contributed by atoms with van der Waals surface area (Å²) in [7, 11) is 0. The van der Waals surface area contributed by atoms with Crippen LogP contribution >= 0.6 is 11.6 Å². The van der Waals surface area contributed by atoms with E-state index >= 15 is 0 Å². The van der Waals surface area contributed by atoms with Crippen LogP contribution in [-0.2, 0) is 0 Å². The second-order valence-corrected chi connectivity index (χ2v) is 4.69. The van der Waals surface area contributed by atoms with Crippen molar-refractivity contribution in [1.82, 2.24) is 0 Å². The Balaban J connectivity index is 1.87. The molecule has 0 aliphatic carbocycles. The van der Waals surface area contributed by atoms with Gasteiger partial charge in [0.1, 0.15) is 6.67 Å². The average Bonchev–Trinajstić information content (AvgIpc) is 2.49. The van der Waals surface area contributed by atoms with E-state index in [0.717, 1.165) is 11.4 Å². The van der Waals surface area contributed by atoms with E-state index in [1.807, 2.05) is 53.4 Å². The Bertz CT molecular complexity index is 568. The van der Waals surface area contributed by atoms with Crippen LogP contribution in [0, 0.1) is 0 Å². The lowest BCUT2D eigenvalue weighted by molar-refractivity contribution is 0.781. The van der Waals surface area contributed by atoms with Crippen LogP contribution in [0.25, 0.3) is 0 Å². The summed E-state index contributed by atoms with van der Waals surface area (Å²) in [6.07, 6.45) is 0. The first-order chi connectivity index (χ1) is 9.34. The molecule has 0 bridgehead atoms. The molecule has 0 saturated carbocycles. The third-order valence-electron chi connectivity index (χ3n) is 3.10. The summed E-state index contributed by atoms with van der Waals surface area (Å²) in [5.74, 6) is 0. The highest BCUT2D eigenvalue weighted by Crippen LogP contribution is 2.22. The second-order valence-electron chi connectivity index (χ2n) is 4.35. The Morgan fingerprint density at radius 3 is 2.05 bits per heavy atom. The molecule has 1 heterocycles. The first-order valence-corrected chi connectivity index (χ1v) is 6.55. The highest BCUT2D eigenvalue weighted by molar-refractivity contribution is 6.68. The van der Waals surface area contributed by atoms with Crippen molar-refractivity contribution in [2.24, 2.45) is 4.99 Å². The summed E-state index contributed by atoms with van der Waals surface area (Å²) in [5, 5.41) is 0.540. The van der Waals surface area contributed by atoms with Gasteiger partial charge in [0.25, 0.3) is 0 Å². The SMILES string of the molecule is ClC1=NCN(c2ccccc2)CN1c1ccccc1. The summed E-state index contributed by atoms with van der Waals surface area (Å²) in [6.45, 7) is 1.29. The lowest BCUT2D eigenvalue weighted by atomic mass is 10.3. The van der Waals surface area contributed by atoms with Gasteiger partial charge in [0.15, 0.2) is 0 Å². The zero-order chi connectivity index (χ0) is 13.1. The minimum atomic E-state index is 0.540. The van der Waals surface area contributed by atoms with E-state index in [4.69, 9.17) is 11.6 Å². The summed E-state index contributed by atoms with van der Waals surface area (Å²) in [6, 6.07) is 20.3. The van der Waals surface area contributed by atoms with Crippen molar-refractivity contribution < 1.29 is 0 Å². The van der Waals surface area contributed by atoms with Gasteiger partial charge in [0.05, 0.1) is 6.67 Å². The highest BCUT2D eigenvalue weighted by atomic mass is 35.5. The minimum Gasteiger partial charge on any atom is -0.334 e. The molecule has 1 aliphatic heterocycles. The summed E-state index contributed by atoms with van der Waals surface area (Å²) >= 11 is 6.22. The fourth-order valence-electron chi connectivity index (χ4n) is 2.10. The highest BCUT2D eigenvalue weighted by Gasteiger charge is 2.20. The van der Waals surface area contributed by atoms with Crippen molar-refractivity contribution in [3.8, 4) is 0 Å². The Morgan fingerprint density at radius 2 is 1.42 bits per heavy atom. The molecular weight excluding hydrogens is 258 g/mol. The van der Waals surface area contributed by atoms with Crippen LogP contribution in [0.4, 0.5) is 11.4 Å². The number of anilines is 2. The molecule has 0 radical (unpaired) electrons. The fraction of sp³-hybridized carbons (Fsp3) is 0.133. The van der Waals surface area contributed by atoms with Crippen LogP contribution in [0.5, 0.6) is 0 Å². The van der Waals surface area contributed by atoms with Gasteiger partial charge < -0.3 is 4.90 Å². The summed E-state index contributed by atoms with van der Waals surface area (Å²) < 4.78 is 0. The van der Waals surface area contributed by atoms with Gasteiger partial charge in [-0.1, -0.05) is 36.4 Å². The number of hydrogen-bond acceptors (Lipinski definition) is 3. The number of hydrogen-bond donors (Lipinski definition) is 0. The zero-order valence-corrected chi connectivity index (χ0v) is 11.2. The number of rotatable bonds is 2. The maximum absolute atomic E-state index is 6.22. The van der Waals surface area contributed by atoms with Crippen molar-refractivity contribution in [3.05, 3.63) is 60.7 Å². The molecule has 0 unspecified atom stereocenters. The molecule has 1 aliphatic rings. The van der Waals surface area contributed by atoms with Crippen LogP contribution in [0.1, 0.15) is 0 Å². The molecular formula is C15H14ClN3. The van der Waals surface area contributed by atoms with Crippen LogP contribution in [0.2, 0.25) is 0 Å². The van der Waals surface area contributed by atoms with E-state index in [9.17, 15) is 0 Å². The van der Waals surface area contributed by atoms with Crippen molar-refractivity contribution in [2.45, 2.75) is 0 Å². The first-order valence-electron chi connectivity index (χ1n) is 6.17. The van der Waals surface area contributed by atoms with E-state index in [1.54, 1.807) is 0 Å². The van der Waals surface area contributed by atoms with E-state index in [-0.39, 0.29) is 0 Å². The van der Waals surface area contributed by atoms with Gasteiger partial charge in [-0.05, 0) is 35.9 Å². The third-order valence-corrected chi connectivity index (χ3v) is 3.42. The maximum atomic E-state index is 6.22. The monoisotopic (exact) mass is 271 g/mol. The number of para-hydroxylation sites is 2. The number of amidine groups is 1. The maximum Gasteiger partial charge on any atom is 0.201 e. The van der Waals surface area contributed by atoms with E-state index in [1.165, 1.54) is 0 Å². The summed E-state index contributed by atoms with van der Waals surface area (Å²) in [4.78, 5) is 8.56. The largest absolute Gasteiger partial charge is 0.334 e. The van der Waals surface area contributed by atoms with Gasteiger partial charge in [-0.3, -0.25) is 4.90 Å². The molecule has 3 nitrogen and oxygen atoms in total. The number of halogens is 1. The molecule has 0 fully saturated rings. The van der Waals surface area contributed by atoms with Crippen molar-refractivity contribution in [1.29, 1.82) is 0 Å². The van der Waals surface area contributed by atoms with E-state index in [2.05, 4.69) is 22.0 Å². The van der Waals surface area contributed by atoms with Gasteiger partial charge in [-0.15, -0.1) is 0 Å². The predicted molar refractivity (Wildman–Crippen MR) is 80.9 cm³/mol. The smallest absolute Gasteiger partial charge is 0.201 e. The molecule has 0 aromatic heterocycles. The van der Waals surface area contributed by atoms with Crippen molar-refractivity contribution >= 4 is 28.3 Å². The zero-order valence-electron chi connectivity index (χ0n) is 10.4. The van der Waals surface area contributed by atoms with E-state index < -0.39 is 0 Å². The second kappa shape index (κ2) is 5.33. The van der Waals surface area contributed by atoms with Crippen LogP contribution in [0.3, 0.4) is 0 Å². The molecule has 3 rings (SSSR count). The lowest BCUT2D eigenvalue weighted by Gasteiger charge is -2.35. The summed E-state index contributed by atoms with van der Waals surface area (Å²) in [5.41, 5.74) is 2.20. The number of nitrogens with zero attached hydrogens (tertiary/aromatic N) is 3. The van der Waals surface area contributed by atoms with Gasteiger partial charge >= 0.3 is 0 Å². The molecule has 4 heteroatoms. The minimum absolute atomic E-state index is 0.540. The molecule has 0 N–H and O–H groups in total. The normalized spacial score (nSPS) is 15.3. The Labute approximate surface area is 117 Å². The molecule has 2 aromatic rings. The lowest BCUT2D eigenvalue weighted by Crippen LogP contribution is -2.44. The average molecular weight is 272 g/mol. The number of aliphatic imine (C=N–C) groups is 1. The van der Waals surface area contributed by atoms with Crippen molar-refractivity contribution in [3.63, 3.8) is 0 Å². The Hall–Kier alpha value is -2.00. The van der Waals surface area contributed by atoms with Crippen LogP contribution in [0.15, 0.2) is 65.7 Å². The molecule has 19 heavy (non-hydrogen) atoms. The molecule has 0 atom stereocenters. The van der Waals surface area contributed by atoms with Gasteiger partial charge in [0.2, 0.25) is 5.29 Å². The fourth-order valence-corrected chi connectivity index (χ4v) is 2.31. The molecule has 0 amide bonds. The molecule has 0 saturated heterocycles. The Kier molecular flexibility index (Phi) is 3.38. The van der Waals surface area contributed by atoms with Crippen LogP contribution in [-0.4, -0.2) is 18.6 Å². The molecule has 0 spiro atoms. The standard InChI is InChI=1S/C15H14ClN3/c16-15-17-11-18(13-7-3-1-4-8-13)12-19(15)14-9-5-2-6-10-14/h1-10H,11-12H2. The third kappa shape index (κ3) is 2.56. The topological polar surface area (TPSA) is 18.8 Å². The van der Waals surface area contributed by atoms with Gasteiger partial charge in [-0.2, -0.15) is 0 Å². The van der Waals surface area contributed by atoms with Crippen LogP contribution < -0.4 is 9.80 Å². The van der Waals surface area contributed by atoms with E-state index in [0.29, 0.717) is 18.6 Å². The van der Waals surface area contributed by atoms with Crippen molar-refractivity contribution in [2.75, 3.05) is 23.1 Å². The number of benzene rings is 2. The van der Waals surface area contributed by atoms with Gasteiger partial charge in [-0.25, -0.2) is 4.99 Å². The quantitative estimate of drug-likeness (QED) is 0.778.